The Morgan fingerprint density at radius 1 is 1.05 bits per heavy atom. The first kappa shape index (κ1) is 29.0. The molecular formula is C28H34F3N3O4. The van der Waals surface area contributed by atoms with Gasteiger partial charge in [0.1, 0.15) is 17.7 Å². The van der Waals surface area contributed by atoms with Crippen molar-refractivity contribution in [1.82, 2.24) is 10.6 Å². The summed E-state index contributed by atoms with van der Waals surface area (Å²) in [5.41, 5.74) is -0.258. The Bertz CT molecular complexity index is 1170. The Morgan fingerprint density at radius 3 is 2.32 bits per heavy atom. The number of ether oxygens (including phenoxy) is 1. The minimum atomic E-state index is -4.65. The van der Waals surface area contributed by atoms with Crippen molar-refractivity contribution in [2.24, 2.45) is 0 Å². The second kappa shape index (κ2) is 11.4. The van der Waals surface area contributed by atoms with Crippen LogP contribution in [-0.2, 0) is 33.3 Å². The number of alkyl carbamates (subject to hydrolysis) is 1. The van der Waals surface area contributed by atoms with Gasteiger partial charge in [0.15, 0.2) is 0 Å². The van der Waals surface area contributed by atoms with Gasteiger partial charge in [0.05, 0.1) is 5.56 Å². The number of nitrogens with one attached hydrogen (secondary N) is 2. The number of rotatable bonds is 6. The standard InChI is InChI=1S/C28H34F3N3O4/c1-17(2)34-23-13-9-7-10-18(23)14-15-21(25(34)36)32-24(35)22(33-26(37)38-27(3,4)5)16-19-11-6-8-12-20(19)28(29,30)31/h6-13,17,21-22H,14-16H2,1-5H3,(H,32,35)(H,33,37)/t21-,22?/m1/s1. The van der Waals surface area contributed by atoms with Gasteiger partial charge in [-0.2, -0.15) is 13.2 Å². The molecule has 0 saturated heterocycles. The number of carbonyl (C=O) groups excluding carboxylic acids is 3. The Morgan fingerprint density at radius 2 is 1.68 bits per heavy atom. The van der Waals surface area contributed by atoms with E-state index < -0.39 is 47.8 Å². The summed E-state index contributed by atoms with van der Waals surface area (Å²) in [6.45, 7) is 8.61. The smallest absolute Gasteiger partial charge is 0.416 e. The highest BCUT2D eigenvalue weighted by Crippen LogP contribution is 2.33. The highest BCUT2D eigenvalue weighted by molar-refractivity contribution is 6.01. The van der Waals surface area contributed by atoms with Crippen LogP contribution in [0.1, 0.15) is 57.7 Å². The predicted octanol–water partition coefficient (Wildman–Crippen LogP) is 5.01. The summed E-state index contributed by atoms with van der Waals surface area (Å²) in [6, 6.07) is 9.79. The third-order valence-corrected chi connectivity index (χ3v) is 6.08. The molecule has 0 aliphatic carbocycles. The van der Waals surface area contributed by atoms with Crippen molar-refractivity contribution in [3.8, 4) is 0 Å². The van der Waals surface area contributed by atoms with Gasteiger partial charge in [-0.05, 0) is 70.7 Å². The van der Waals surface area contributed by atoms with E-state index in [1.807, 2.05) is 38.1 Å². The first-order valence-electron chi connectivity index (χ1n) is 12.5. The van der Waals surface area contributed by atoms with Crippen LogP contribution in [0.5, 0.6) is 0 Å². The highest BCUT2D eigenvalue weighted by Gasteiger charge is 2.37. The number of alkyl halides is 3. The molecule has 2 N–H and O–H groups in total. The summed E-state index contributed by atoms with van der Waals surface area (Å²) in [5.74, 6) is -1.11. The highest BCUT2D eigenvalue weighted by atomic mass is 19.4. The van der Waals surface area contributed by atoms with Crippen molar-refractivity contribution < 1.29 is 32.3 Å². The van der Waals surface area contributed by atoms with E-state index in [0.717, 1.165) is 17.3 Å². The zero-order valence-corrected chi connectivity index (χ0v) is 22.2. The maximum atomic E-state index is 13.6. The number of carbonyl (C=O) groups is 3. The number of hydrogen-bond acceptors (Lipinski definition) is 4. The average molecular weight is 534 g/mol. The van der Waals surface area contributed by atoms with Crippen molar-refractivity contribution in [2.45, 2.75) is 83.8 Å². The largest absolute Gasteiger partial charge is 0.444 e. The fourth-order valence-electron chi connectivity index (χ4n) is 4.46. The van der Waals surface area contributed by atoms with Gasteiger partial charge in [0.2, 0.25) is 11.8 Å². The van der Waals surface area contributed by atoms with E-state index in [-0.39, 0.29) is 17.5 Å². The monoisotopic (exact) mass is 533 g/mol. The van der Waals surface area contributed by atoms with E-state index in [1.54, 1.807) is 25.7 Å². The lowest BCUT2D eigenvalue weighted by Crippen LogP contribution is -2.56. The van der Waals surface area contributed by atoms with Crippen LogP contribution in [0.25, 0.3) is 0 Å². The number of aryl methyl sites for hydroxylation is 1. The lowest BCUT2D eigenvalue weighted by atomic mass is 9.98. The Kier molecular flexibility index (Phi) is 8.74. The second-order valence-electron chi connectivity index (χ2n) is 10.6. The molecule has 2 aromatic rings. The lowest BCUT2D eigenvalue weighted by Gasteiger charge is -2.30. The Balaban J connectivity index is 1.89. The first-order chi connectivity index (χ1) is 17.7. The lowest BCUT2D eigenvalue weighted by molar-refractivity contribution is -0.138. The number of amides is 3. The van der Waals surface area contributed by atoms with Crippen molar-refractivity contribution in [3.05, 3.63) is 65.2 Å². The van der Waals surface area contributed by atoms with Crippen LogP contribution in [-0.4, -0.2) is 41.6 Å². The van der Waals surface area contributed by atoms with E-state index in [0.29, 0.717) is 12.8 Å². The Labute approximate surface area is 220 Å². The number of para-hydroxylation sites is 1. The molecule has 0 spiro atoms. The van der Waals surface area contributed by atoms with Crippen LogP contribution >= 0.6 is 0 Å². The van der Waals surface area contributed by atoms with E-state index in [2.05, 4.69) is 10.6 Å². The van der Waals surface area contributed by atoms with Gasteiger partial charge in [-0.3, -0.25) is 9.59 Å². The number of nitrogens with zero attached hydrogens (tertiary/aromatic N) is 1. The fraction of sp³-hybridized carbons (Fsp3) is 0.464. The molecule has 38 heavy (non-hydrogen) atoms. The number of halogens is 3. The third-order valence-electron chi connectivity index (χ3n) is 6.08. The molecule has 1 aliphatic rings. The summed E-state index contributed by atoms with van der Waals surface area (Å²) in [4.78, 5) is 41.1. The number of hydrogen-bond donors (Lipinski definition) is 2. The van der Waals surface area contributed by atoms with Crippen molar-refractivity contribution in [2.75, 3.05) is 4.90 Å². The van der Waals surface area contributed by atoms with Crippen molar-refractivity contribution in [1.29, 1.82) is 0 Å². The predicted molar refractivity (Wildman–Crippen MR) is 138 cm³/mol. The van der Waals surface area contributed by atoms with Gasteiger partial charge in [-0.25, -0.2) is 4.79 Å². The van der Waals surface area contributed by atoms with E-state index in [9.17, 15) is 27.6 Å². The molecule has 0 bridgehead atoms. The maximum absolute atomic E-state index is 13.6. The van der Waals surface area contributed by atoms with Crippen LogP contribution in [0.2, 0.25) is 0 Å². The zero-order chi connectivity index (χ0) is 28.3. The van der Waals surface area contributed by atoms with Gasteiger partial charge in [0, 0.05) is 18.2 Å². The average Bonchev–Trinajstić information content (AvgIpc) is 2.93. The maximum Gasteiger partial charge on any atom is 0.416 e. The van der Waals surface area contributed by atoms with Crippen molar-refractivity contribution >= 4 is 23.6 Å². The molecule has 2 atom stereocenters. The first-order valence-corrected chi connectivity index (χ1v) is 12.5. The zero-order valence-electron chi connectivity index (χ0n) is 22.2. The molecule has 0 fully saturated rings. The topological polar surface area (TPSA) is 87.7 Å². The molecule has 2 aromatic carbocycles. The number of anilines is 1. The molecule has 1 unspecified atom stereocenters. The molecule has 3 rings (SSSR count). The van der Waals surface area contributed by atoms with Gasteiger partial charge >= 0.3 is 12.3 Å². The van der Waals surface area contributed by atoms with E-state index >= 15 is 0 Å². The van der Waals surface area contributed by atoms with Crippen molar-refractivity contribution in [3.63, 3.8) is 0 Å². The molecule has 10 heteroatoms. The summed E-state index contributed by atoms with van der Waals surface area (Å²) in [7, 11) is 0. The minimum Gasteiger partial charge on any atom is -0.444 e. The second-order valence-corrected chi connectivity index (χ2v) is 10.6. The molecular weight excluding hydrogens is 499 g/mol. The summed E-state index contributed by atoms with van der Waals surface area (Å²) in [6.07, 6.45) is -5.24. The van der Waals surface area contributed by atoms with Gasteiger partial charge in [0.25, 0.3) is 0 Å². The number of benzene rings is 2. The molecule has 0 aromatic heterocycles. The Hall–Kier alpha value is -3.56. The summed E-state index contributed by atoms with van der Waals surface area (Å²) in [5, 5.41) is 5.10. The van der Waals surface area contributed by atoms with Gasteiger partial charge in [-0.1, -0.05) is 36.4 Å². The fourth-order valence-corrected chi connectivity index (χ4v) is 4.46. The van der Waals surface area contributed by atoms with E-state index in [1.165, 1.54) is 18.2 Å². The van der Waals surface area contributed by atoms with Crippen LogP contribution in [0.3, 0.4) is 0 Å². The van der Waals surface area contributed by atoms with E-state index in [4.69, 9.17) is 4.74 Å². The normalized spacial score (nSPS) is 16.9. The number of fused-ring (bicyclic) bond motifs is 1. The third kappa shape index (κ3) is 7.26. The minimum absolute atomic E-state index is 0.167. The van der Waals surface area contributed by atoms with Gasteiger partial charge in [-0.15, -0.1) is 0 Å². The van der Waals surface area contributed by atoms with Crippen LogP contribution < -0.4 is 15.5 Å². The molecule has 7 nitrogen and oxygen atoms in total. The van der Waals surface area contributed by atoms with Gasteiger partial charge < -0.3 is 20.3 Å². The molecule has 3 amide bonds. The summed E-state index contributed by atoms with van der Waals surface area (Å²) >= 11 is 0. The van der Waals surface area contributed by atoms with Crippen LogP contribution in [0, 0.1) is 0 Å². The quantitative estimate of drug-likeness (QED) is 0.546. The SMILES string of the molecule is CC(C)N1C(=O)[C@H](NC(=O)C(Cc2ccccc2C(F)(F)F)NC(=O)OC(C)(C)C)CCc2ccccc21. The molecule has 0 saturated carbocycles. The summed E-state index contributed by atoms with van der Waals surface area (Å²) < 4.78 is 46.2. The van der Waals surface area contributed by atoms with Crippen LogP contribution in [0.4, 0.5) is 23.7 Å². The molecule has 1 aliphatic heterocycles. The molecule has 206 valence electrons. The molecule has 0 radical (unpaired) electrons. The van der Waals surface area contributed by atoms with Crippen LogP contribution in [0.15, 0.2) is 48.5 Å². The molecule has 1 heterocycles.